The van der Waals surface area contributed by atoms with Gasteiger partial charge >= 0.3 is 6.09 Å². The minimum Gasteiger partial charge on any atom is -0.489 e. The Balaban J connectivity index is 1.85. The molecule has 7 nitrogen and oxygen atoms in total. The first kappa shape index (κ1) is 23.5. The zero-order valence-corrected chi connectivity index (χ0v) is 19.2. The number of benzene rings is 2. The number of ether oxygens (including phenoxy) is 4. The van der Waals surface area contributed by atoms with E-state index >= 15 is 0 Å². The van der Waals surface area contributed by atoms with Crippen LogP contribution in [-0.2, 0) is 14.2 Å². The van der Waals surface area contributed by atoms with Crippen molar-refractivity contribution >= 4 is 17.5 Å². The van der Waals surface area contributed by atoms with Crippen LogP contribution < -0.4 is 15.8 Å². The number of hydrogen-bond donors (Lipinski definition) is 2. The Morgan fingerprint density at radius 3 is 2.56 bits per heavy atom. The van der Waals surface area contributed by atoms with Crippen LogP contribution in [0.25, 0.3) is 0 Å². The standard InChI is InChI=1S/C25H30N2O5/c1-24(2,3)32-23(28)27-21-14-22(29-15-19-16-30-25(4,5)31-19)18(13-20(21)26)12-11-17-9-7-6-8-10-17/h6-10,13-14,19H,15-16,26H2,1-5H3,(H,27,28). The lowest BCUT2D eigenvalue weighted by Gasteiger charge is -2.21. The van der Waals surface area contributed by atoms with E-state index in [4.69, 9.17) is 24.7 Å². The maximum Gasteiger partial charge on any atom is 0.412 e. The summed E-state index contributed by atoms with van der Waals surface area (Å²) in [4.78, 5) is 12.2. The van der Waals surface area contributed by atoms with E-state index in [9.17, 15) is 4.79 Å². The number of rotatable bonds is 4. The van der Waals surface area contributed by atoms with E-state index in [1.165, 1.54) is 0 Å². The molecule has 2 aromatic rings. The van der Waals surface area contributed by atoms with Crippen molar-refractivity contribution in [1.29, 1.82) is 0 Å². The Hall–Kier alpha value is -3.21. The summed E-state index contributed by atoms with van der Waals surface area (Å²) in [6.45, 7) is 9.77. The molecule has 7 heteroatoms. The van der Waals surface area contributed by atoms with E-state index in [1.54, 1.807) is 32.9 Å². The maximum absolute atomic E-state index is 12.2. The molecule has 0 bridgehead atoms. The van der Waals surface area contributed by atoms with Crippen LogP contribution in [-0.4, -0.2) is 36.8 Å². The predicted octanol–water partition coefficient (Wildman–Crippen LogP) is 4.55. The van der Waals surface area contributed by atoms with Gasteiger partial charge in [-0.05, 0) is 52.8 Å². The van der Waals surface area contributed by atoms with Gasteiger partial charge in [-0.15, -0.1) is 0 Å². The van der Waals surface area contributed by atoms with Crippen molar-refractivity contribution in [2.24, 2.45) is 0 Å². The van der Waals surface area contributed by atoms with Crippen LogP contribution in [0.4, 0.5) is 16.2 Å². The topological polar surface area (TPSA) is 92.0 Å². The number of nitrogen functional groups attached to an aromatic ring is 1. The largest absolute Gasteiger partial charge is 0.489 e. The van der Waals surface area contributed by atoms with E-state index < -0.39 is 17.5 Å². The molecule has 1 unspecified atom stereocenters. The van der Waals surface area contributed by atoms with Gasteiger partial charge in [0.25, 0.3) is 0 Å². The van der Waals surface area contributed by atoms with Gasteiger partial charge in [-0.2, -0.15) is 0 Å². The lowest BCUT2D eigenvalue weighted by atomic mass is 10.1. The highest BCUT2D eigenvalue weighted by Crippen LogP contribution is 2.31. The van der Waals surface area contributed by atoms with Gasteiger partial charge in [0, 0.05) is 11.6 Å². The lowest BCUT2D eigenvalue weighted by molar-refractivity contribution is -0.141. The molecule has 2 aromatic carbocycles. The quantitative estimate of drug-likeness (QED) is 0.538. The number of hydrogen-bond acceptors (Lipinski definition) is 6. The van der Waals surface area contributed by atoms with Crippen LogP contribution in [0.2, 0.25) is 0 Å². The highest BCUT2D eigenvalue weighted by atomic mass is 16.7. The third-order valence-corrected chi connectivity index (χ3v) is 4.39. The SMILES string of the molecule is CC(C)(C)OC(=O)Nc1cc(OCC2COC(C)(C)O2)c(C#Cc2ccccc2)cc1N. The molecular formula is C25H30N2O5. The molecule has 3 N–H and O–H groups in total. The lowest BCUT2D eigenvalue weighted by Crippen LogP contribution is -2.27. The van der Waals surface area contributed by atoms with E-state index in [2.05, 4.69) is 17.2 Å². The number of carbonyl (C=O) groups excluding carboxylic acids is 1. The number of nitrogens with two attached hydrogens (primary N) is 1. The number of anilines is 2. The number of carbonyl (C=O) groups is 1. The van der Waals surface area contributed by atoms with Gasteiger partial charge in [0.05, 0.1) is 23.5 Å². The summed E-state index contributed by atoms with van der Waals surface area (Å²) in [7, 11) is 0. The van der Waals surface area contributed by atoms with Gasteiger partial charge in [-0.3, -0.25) is 5.32 Å². The summed E-state index contributed by atoms with van der Waals surface area (Å²) < 4.78 is 22.8. The van der Waals surface area contributed by atoms with Crippen LogP contribution in [0.15, 0.2) is 42.5 Å². The van der Waals surface area contributed by atoms with E-state index in [0.29, 0.717) is 29.3 Å². The van der Waals surface area contributed by atoms with Crippen molar-refractivity contribution in [2.45, 2.75) is 52.1 Å². The van der Waals surface area contributed by atoms with Gasteiger partial charge in [0.2, 0.25) is 0 Å². The van der Waals surface area contributed by atoms with Crippen LogP contribution >= 0.6 is 0 Å². The molecule has 32 heavy (non-hydrogen) atoms. The summed E-state index contributed by atoms with van der Waals surface area (Å²) in [5, 5.41) is 2.68. The highest BCUT2D eigenvalue weighted by Gasteiger charge is 2.33. The molecule has 0 aliphatic carbocycles. The molecule has 3 rings (SSSR count). The second-order valence-corrected chi connectivity index (χ2v) is 8.94. The Morgan fingerprint density at radius 1 is 1.22 bits per heavy atom. The summed E-state index contributed by atoms with van der Waals surface area (Å²) in [6.07, 6.45) is -0.827. The molecule has 1 atom stereocenters. The first-order valence-electron chi connectivity index (χ1n) is 10.5. The van der Waals surface area contributed by atoms with Gasteiger partial charge in [-0.1, -0.05) is 30.0 Å². The average molecular weight is 439 g/mol. The number of amides is 1. The van der Waals surface area contributed by atoms with Gasteiger partial charge in [0.1, 0.15) is 24.1 Å². The Bertz CT molecular complexity index is 1020. The third-order valence-electron chi connectivity index (χ3n) is 4.39. The molecule has 1 aliphatic rings. The second-order valence-electron chi connectivity index (χ2n) is 8.94. The molecule has 1 fully saturated rings. The summed E-state index contributed by atoms with van der Waals surface area (Å²) >= 11 is 0. The van der Waals surface area contributed by atoms with Gasteiger partial charge < -0.3 is 24.7 Å². The molecule has 0 spiro atoms. The van der Waals surface area contributed by atoms with Gasteiger partial charge in [0.15, 0.2) is 5.79 Å². The van der Waals surface area contributed by atoms with E-state index in [1.807, 2.05) is 44.2 Å². The fraction of sp³-hybridized carbons (Fsp3) is 0.400. The van der Waals surface area contributed by atoms with Crippen molar-refractivity contribution in [3.63, 3.8) is 0 Å². The molecule has 1 aliphatic heterocycles. The van der Waals surface area contributed by atoms with Crippen LogP contribution in [0.3, 0.4) is 0 Å². The first-order valence-corrected chi connectivity index (χ1v) is 10.5. The Morgan fingerprint density at radius 2 is 1.94 bits per heavy atom. The molecule has 1 amide bonds. The van der Waals surface area contributed by atoms with Crippen molar-refractivity contribution in [2.75, 3.05) is 24.3 Å². The zero-order valence-electron chi connectivity index (χ0n) is 19.2. The van der Waals surface area contributed by atoms with E-state index in [-0.39, 0.29) is 12.7 Å². The molecule has 1 saturated heterocycles. The Labute approximate surface area is 189 Å². The van der Waals surface area contributed by atoms with Crippen molar-refractivity contribution < 1.29 is 23.7 Å². The summed E-state index contributed by atoms with van der Waals surface area (Å²) in [6, 6.07) is 12.9. The smallest absolute Gasteiger partial charge is 0.412 e. The van der Waals surface area contributed by atoms with Crippen molar-refractivity contribution in [1.82, 2.24) is 0 Å². The fourth-order valence-corrected chi connectivity index (χ4v) is 3.02. The predicted molar refractivity (Wildman–Crippen MR) is 124 cm³/mol. The maximum atomic E-state index is 12.2. The van der Waals surface area contributed by atoms with Gasteiger partial charge in [-0.25, -0.2) is 4.79 Å². The second kappa shape index (κ2) is 9.51. The monoisotopic (exact) mass is 438 g/mol. The molecule has 170 valence electrons. The normalized spacial score (nSPS) is 17.2. The minimum absolute atomic E-state index is 0.222. The molecular weight excluding hydrogens is 408 g/mol. The minimum atomic E-state index is -0.644. The summed E-state index contributed by atoms with van der Waals surface area (Å²) in [5.41, 5.74) is 7.74. The first-order chi connectivity index (χ1) is 15.0. The van der Waals surface area contributed by atoms with Crippen LogP contribution in [0.1, 0.15) is 45.7 Å². The molecule has 1 heterocycles. The number of nitrogens with one attached hydrogen (secondary N) is 1. The Kier molecular flexibility index (Phi) is 6.97. The van der Waals surface area contributed by atoms with Crippen LogP contribution in [0, 0.1) is 11.8 Å². The van der Waals surface area contributed by atoms with Crippen molar-refractivity contribution in [3.8, 4) is 17.6 Å². The average Bonchev–Trinajstić information content (AvgIpc) is 3.05. The zero-order chi connectivity index (χ0) is 23.4. The summed E-state index contributed by atoms with van der Waals surface area (Å²) in [5.74, 6) is 6.05. The molecule has 0 radical (unpaired) electrons. The van der Waals surface area contributed by atoms with E-state index in [0.717, 1.165) is 5.56 Å². The van der Waals surface area contributed by atoms with Crippen LogP contribution in [0.5, 0.6) is 5.75 Å². The van der Waals surface area contributed by atoms with Crippen molar-refractivity contribution in [3.05, 3.63) is 53.6 Å². The molecule has 0 saturated carbocycles. The third kappa shape index (κ3) is 6.91. The highest BCUT2D eigenvalue weighted by molar-refractivity contribution is 5.90. The molecule has 0 aromatic heterocycles. The fourth-order valence-electron chi connectivity index (χ4n) is 3.02.